The van der Waals surface area contributed by atoms with Gasteiger partial charge < -0.3 is 4.90 Å². The summed E-state index contributed by atoms with van der Waals surface area (Å²) in [5.74, 6) is -1.39. The van der Waals surface area contributed by atoms with Crippen molar-refractivity contribution in [2.75, 3.05) is 18.5 Å². The molecule has 2 N–H and O–H groups in total. The molecule has 0 aromatic heterocycles. The molecule has 12 heteroatoms. The minimum atomic E-state index is -4.74. The Morgan fingerprint density at radius 1 is 1.16 bits per heavy atom. The summed E-state index contributed by atoms with van der Waals surface area (Å²) in [6.45, 7) is 0.590. The molecule has 8 nitrogen and oxygen atoms in total. The number of anilines is 1. The second-order valence-corrected chi connectivity index (χ2v) is 7.63. The Morgan fingerprint density at radius 2 is 1.84 bits per heavy atom. The largest absolute Gasteiger partial charge is 0.416 e. The van der Waals surface area contributed by atoms with Crippen molar-refractivity contribution in [1.82, 2.24) is 10.3 Å². The summed E-state index contributed by atoms with van der Waals surface area (Å²) < 4.78 is 38.4. The van der Waals surface area contributed by atoms with Gasteiger partial charge in [-0.1, -0.05) is 11.6 Å². The Hall–Kier alpha value is -3.34. The predicted molar refractivity (Wildman–Crippen MR) is 110 cm³/mol. The maximum Gasteiger partial charge on any atom is 0.416 e. The molecule has 2 aromatic carbocycles. The zero-order chi connectivity index (χ0) is 23.5. The summed E-state index contributed by atoms with van der Waals surface area (Å²) in [4.78, 5) is 36.9. The van der Waals surface area contributed by atoms with Crippen LogP contribution in [0.3, 0.4) is 0 Å². The van der Waals surface area contributed by atoms with E-state index in [2.05, 4.69) is 10.9 Å². The van der Waals surface area contributed by atoms with Gasteiger partial charge in [0.15, 0.2) is 0 Å². The van der Waals surface area contributed by atoms with Crippen molar-refractivity contribution < 1.29 is 27.7 Å². The number of rotatable bonds is 5. The first-order valence-electron chi connectivity index (χ1n) is 9.52. The van der Waals surface area contributed by atoms with E-state index in [0.717, 1.165) is 6.07 Å². The number of nitro benzene ring substituents is 1. The molecule has 1 aliphatic rings. The van der Waals surface area contributed by atoms with Gasteiger partial charge in [0.2, 0.25) is 5.91 Å². The molecule has 2 amide bonds. The standard InChI is InChI=1S/C20H18ClF3N4O4/c21-15-6-3-12(4-7-15)19(30)27-9-1-2-13(11-27)18(29)26-25-16-8-5-14(20(22,23)24)10-17(16)28(31)32/h3-8,10,13,25H,1-2,9,11H2,(H,26,29). The number of alkyl halides is 3. The van der Waals surface area contributed by atoms with Crippen molar-refractivity contribution >= 4 is 34.8 Å². The quantitative estimate of drug-likeness (QED) is 0.502. The number of piperidine rings is 1. The zero-order valence-corrected chi connectivity index (χ0v) is 17.2. The second-order valence-electron chi connectivity index (χ2n) is 7.20. The molecular weight excluding hydrogens is 453 g/mol. The molecule has 0 aliphatic carbocycles. The molecule has 32 heavy (non-hydrogen) atoms. The van der Waals surface area contributed by atoms with Crippen molar-refractivity contribution in [2.24, 2.45) is 5.92 Å². The summed E-state index contributed by atoms with van der Waals surface area (Å²) in [6, 6.07) is 8.28. The maximum atomic E-state index is 12.8. The zero-order valence-electron chi connectivity index (χ0n) is 16.5. The number of nitrogens with one attached hydrogen (secondary N) is 2. The molecule has 1 atom stereocenters. The molecule has 1 unspecified atom stereocenters. The highest BCUT2D eigenvalue weighted by molar-refractivity contribution is 6.30. The van der Waals surface area contributed by atoms with E-state index >= 15 is 0 Å². The van der Waals surface area contributed by atoms with E-state index in [0.29, 0.717) is 42.1 Å². The van der Waals surface area contributed by atoms with Crippen LogP contribution in [0.25, 0.3) is 0 Å². The van der Waals surface area contributed by atoms with E-state index in [-0.39, 0.29) is 18.1 Å². The SMILES string of the molecule is O=C(NNc1ccc(C(F)(F)F)cc1[N+](=O)[O-])C1CCCN(C(=O)c2ccc(Cl)cc2)C1. The molecule has 1 aliphatic heterocycles. The van der Waals surface area contributed by atoms with Gasteiger partial charge in [0.1, 0.15) is 5.69 Å². The third kappa shape index (κ3) is 5.47. The van der Waals surface area contributed by atoms with Crippen LogP contribution in [0.4, 0.5) is 24.5 Å². The molecule has 2 aromatic rings. The Balaban J connectivity index is 1.65. The third-order valence-electron chi connectivity index (χ3n) is 5.01. The summed E-state index contributed by atoms with van der Waals surface area (Å²) in [7, 11) is 0. The molecule has 1 fully saturated rings. The number of carbonyl (C=O) groups is 2. The van der Waals surface area contributed by atoms with E-state index in [1.54, 1.807) is 24.3 Å². The van der Waals surface area contributed by atoms with Crippen molar-refractivity contribution in [3.63, 3.8) is 0 Å². The molecule has 3 rings (SSSR count). The van der Waals surface area contributed by atoms with Gasteiger partial charge in [0, 0.05) is 29.7 Å². The average molecular weight is 471 g/mol. The summed E-state index contributed by atoms with van der Waals surface area (Å²) in [6.07, 6.45) is -3.69. The lowest BCUT2D eigenvalue weighted by molar-refractivity contribution is -0.384. The Bertz CT molecular complexity index is 1030. The van der Waals surface area contributed by atoms with Crippen molar-refractivity contribution in [3.05, 3.63) is 68.7 Å². The number of hydrogen-bond donors (Lipinski definition) is 2. The van der Waals surface area contributed by atoms with Crippen LogP contribution in [0.5, 0.6) is 0 Å². The van der Waals surface area contributed by atoms with Gasteiger partial charge in [0.25, 0.3) is 11.6 Å². The highest BCUT2D eigenvalue weighted by atomic mass is 35.5. The minimum Gasteiger partial charge on any atom is -0.338 e. The Kier molecular flexibility index (Phi) is 6.87. The van der Waals surface area contributed by atoms with Gasteiger partial charge in [-0.05, 0) is 49.2 Å². The molecule has 0 radical (unpaired) electrons. The van der Waals surface area contributed by atoms with Crippen LogP contribution in [-0.2, 0) is 11.0 Å². The summed E-state index contributed by atoms with van der Waals surface area (Å²) in [5, 5.41) is 11.6. The van der Waals surface area contributed by atoms with Gasteiger partial charge >= 0.3 is 6.18 Å². The third-order valence-corrected chi connectivity index (χ3v) is 5.26. The number of hydrazine groups is 1. The van der Waals surface area contributed by atoms with E-state index in [9.17, 15) is 32.9 Å². The monoisotopic (exact) mass is 470 g/mol. The second kappa shape index (κ2) is 9.43. The highest BCUT2D eigenvalue weighted by Crippen LogP contribution is 2.34. The predicted octanol–water partition coefficient (Wildman–Crippen LogP) is 4.26. The normalized spacial score (nSPS) is 16.4. The van der Waals surface area contributed by atoms with Crippen LogP contribution in [0.1, 0.15) is 28.8 Å². The van der Waals surface area contributed by atoms with Crippen molar-refractivity contribution in [2.45, 2.75) is 19.0 Å². The number of hydrogen-bond acceptors (Lipinski definition) is 5. The van der Waals surface area contributed by atoms with Gasteiger partial charge in [-0.2, -0.15) is 13.2 Å². The van der Waals surface area contributed by atoms with Crippen LogP contribution in [-0.4, -0.2) is 34.7 Å². The lowest BCUT2D eigenvalue weighted by Gasteiger charge is -2.32. The topological polar surface area (TPSA) is 105 Å². The number of amides is 2. The van der Waals surface area contributed by atoms with E-state index < -0.39 is 34.2 Å². The van der Waals surface area contributed by atoms with Gasteiger partial charge in [-0.15, -0.1) is 0 Å². The molecule has 0 spiro atoms. The molecule has 1 heterocycles. The first-order chi connectivity index (χ1) is 15.1. The van der Waals surface area contributed by atoms with E-state index in [1.165, 1.54) is 4.90 Å². The number of nitrogens with zero attached hydrogens (tertiary/aromatic N) is 2. The molecule has 0 bridgehead atoms. The van der Waals surface area contributed by atoms with E-state index in [4.69, 9.17) is 11.6 Å². The van der Waals surface area contributed by atoms with Crippen molar-refractivity contribution in [3.8, 4) is 0 Å². The number of nitro groups is 1. The Morgan fingerprint density at radius 3 is 2.47 bits per heavy atom. The smallest absolute Gasteiger partial charge is 0.338 e. The van der Waals surface area contributed by atoms with Crippen LogP contribution >= 0.6 is 11.6 Å². The first-order valence-corrected chi connectivity index (χ1v) is 9.90. The van der Waals surface area contributed by atoms with Gasteiger partial charge in [0.05, 0.1) is 16.4 Å². The fourth-order valence-electron chi connectivity index (χ4n) is 3.35. The molecule has 170 valence electrons. The van der Waals surface area contributed by atoms with Gasteiger partial charge in [-0.3, -0.25) is 30.6 Å². The molecule has 0 saturated carbocycles. The number of benzene rings is 2. The van der Waals surface area contributed by atoms with Crippen LogP contribution in [0, 0.1) is 16.0 Å². The van der Waals surface area contributed by atoms with E-state index in [1.807, 2.05) is 0 Å². The number of likely N-dealkylation sites (tertiary alicyclic amines) is 1. The van der Waals surface area contributed by atoms with Gasteiger partial charge in [-0.25, -0.2) is 0 Å². The van der Waals surface area contributed by atoms with Crippen LogP contribution < -0.4 is 10.9 Å². The summed E-state index contributed by atoms with van der Waals surface area (Å²) in [5.41, 5.74) is 2.75. The molecule has 1 saturated heterocycles. The van der Waals surface area contributed by atoms with Crippen molar-refractivity contribution in [1.29, 1.82) is 0 Å². The average Bonchev–Trinajstić information content (AvgIpc) is 2.76. The van der Waals surface area contributed by atoms with Crippen LogP contribution in [0.2, 0.25) is 5.02 Å². The number of carbonyl (C=O) groups excluding carboxylic acids is 2. The first kappa shape index (κ1) is 23.3. The lowest BCUT2D eigenvalue weighted by Crippen LogP contribution is -2.46. The van der Waals surface area contributed by atoms with Crippen LogP contribution in [0.15, 0.2) is 42.5 Å². The maximum absolute atomic E-state index is 12.8. The summed E-state index contributed by atoms with van der Waals surface area (Å²) >= 11 is 5.83. The fraction of sp³-hybridized carbons (Fsp3) is 0.300. The number of halogens is 4. The Labute approximate surface area is 185 Å². The fourth-order valence-corrected chi connectivity index (χ4v) is 3.47. The minimum absolute atomic E-state index is 0.129. The molecular formula is C20H18ClF3N4O4. The highest BCUT2D eigenvalue weighted by Gasteiger charge is 2.33. The lowest BCUT2D eigenvalue weighted by atomic mass is 9.96.